The minimum absolute atomic E-state index is 0. The van der Waals surface area contributed by atoms with Crippen LogP contribution in [0.25, 0.3) is 0 Å². The van der Waals surface area contributed by atoms with Gasteiger partial charge in [0.1, 0.15) is 0 Å². The smallest absolute Gasteiger partial charge is 0.234 e. The maximum Gasteiger partial charge on any atom is 0.234 e. The Kier molecular flexibility index (Phi) is 9.44. The molecule has 5 nitrogen and oxygen atoms in total. The molecule has 0 spiro atoms. The Morgan fingerprint density at radius 3 is 2.94 bits per heavy atom. The van der Waals surface area contributed by atoms with Crippen LogP contribution in [0.3, 0.4) is 0 Å². The Bertz CT molecular complexity index is 211. The molecule has 0 bridgehead atoms. The van der Waals surface area contributed by atoms with Crippen LogP contribution in [-0.4, -0.2) is 51.5 Å². The van der Waals surface area contributed by atoms with Crippen LogP contribution in [-0.2, 0) is 14.3 Å². The highest BCUT2D eigenvalue weighted by molar-refractivity contribution is 5.85. The van der Waals surface area contributed by atoms with Crippen LogP contribution in [0.5, 0.6) is 0 Å². The second-order valence-electron chi connectivity index (χ2n) is 4.08. The van der Waals surface area contributed by atoms with E-state index in [1.165, 1.54) is 0 Å². The minimum atomic E-state index is 0. The van der Waals surface area contributed by atoms with Gasteiger partial charge < -0.3 is 20.1 Å². The second kappa shape index (κ2) is 9.65. The molecule has 102 valence electrons. The number of carbonyl (C=O) groups is 1. The highest BCUT2D eigenvalue weighted by atomic mass is 35.5. The van der Waals surface area contributed by atoms with E-state index >= 15 is 0 Å². The normalized spacial score (nSPS) is 20.7. The first kappa shape index (κ1) is 16.6. The van der Waals surface area contributed by atoms with Gasteiger partial charge in [0.05, 0.1) is 25.3 Å². The summed E-state index contributed by atoms with van der Waals surface area (Å²) in [5.74, 6) is 0.0131. The van der Waals surface area contributed by atoms with E-state index in [-0.39, 0.29) is 30.5 Å². The molecule has 0 radical (unpaired) electrons. The Labute approximate surface area is 109 Å². The Morgan fingerprint density at radius 1 is 1.59 bits per heavy atom. The van der Waals surface area contributed by atoms with Crippen LogP contribution in [0.2, 0.25) is 0 Å². The van der Waals surface area contributed by atoms with Crippen molar-refractivity contribution in [2.24, 2.45) is 0 Å². The van der Waals surface area contributed by atoms with Gasteiger partial charge in [0.15, 0.2) is 0 Å². The van der Waals surface area contributed by atoms with Crippen molar-refractivity contribution < 1.29 is 14.3 Å². The molecule has 1 rings (SSSR count). The fourth-order valence-corrected chi connectivity index (χ4v) is 1.77. The lowest BCUT2D eigenvalue weighted by Gasteiger charge is -2.20. The molecular formula is C11H23ClN2O3. The summed E-state index contributed by atoms with van der Waals surface area (Å²) in [7, 11) is 1.64. The van der Waals surface area contributed by atoms with Crippen LogP contribution in [0, 0.1) is 0 Å². The maximum atomic E-state index is 11.5. The Hall–Kier alpha value is -0.360. The van der Waals surface area contributed by atoms with Crippen LogP contribution >= 0.6 is 12.4 Å². The summed E-state index contributed by atoms with van der Waals surface area (Å²) in [4.78, 5) is 11.5. The summed E-state index contributed by atoms with van der Waals surface area (Å²) >= 11 is 0. The molecule has 0 saturated carbocycles. The number of hydrogen-bond acceptors (Lipinski definition) is 4. The molecular weight excluding hydrogens is 244 g/mol. The van der Waals surface area contributed by atoms with Gasteiger partial charge >= 0.3 is 0 Å². The molecule has 1 amide bonds. The van der Waals surface area contributed by atoms with Crippen LogP contribution in [0.4, 0.5) is 0 Å². The highest BCUT2D eigenvalue weighted by Gasteiger charge is 2.23. The van der Waals surface area contributed by atoms with Crippen molar-refractivity contribution in [1.82, 2.24) is 10.6 Å². The second-order valence-corrected chi connectivity index (χ2v) is 4.08. The monoisotopic (exact) mass is 266 g/mol. The molecule has 1 heterocycles. The molecule has 17 heavy (non-hydrogen) atoms. The van der Waals surface area contributed by atoms with Gasteiger partial charge in [-0.15, -0.1) is 12.4 Å². The molecule has 0 aromatic heterocycles. The van der Waals surface area contributed by atoms with Crippen molar-refractivity contribution in [2.75, 3.05) is 33.4 Å². The van der Waals surface area contributed by atoms with E-state index in [9.17, 15) is 4.79 Å². The molecule has 1 aliphatic heterocycles. The van der Waals surface area contributed by atoms with Gasteiger partial charge in [-0.1, -0.05) is 0 Å². The minimum Gasteiger partial charge on any atom is -0.383 e. The fourth-order valence-electron chi connectivity index (χ4n) is 1.77. The van der Waals surface area contributed by atoms with E-state index in [1.807, 2.05) is 6.92 Å². The highest BCUT2D eigenvalue weighted by Crippen LogP contribution is 2.15. The van der Waals surface area contributed by atoms with Crippen LogP contribution in [0.1, 0.15) is 19.8 Å². The van der Waals surface area contributed by atoms with Gasteiger partial charge in [0.2, 0.25) is 5.91 Å². The average molecular weight is 267 g/mol. The van der Waals surface area contributed by atoms with Gasteiger partial charge in [-0.05, 0) is 19.8 Å². The van der Waals surface area contributed by atoms with Gasteiger partial charge in [0, 0.05) is 20.3 Å². The molecule has 0 aromatic carbocycles. The number of rotatable bonds is 7. The largest absolute Gasteiger partial charge is 0.383 e. The molecule has 1 saturated heterocycles. The third kappa shape index (κ3) is 6.83. The van der Waals surface area contributed by atoms with E-state index in [1.54, 1.807) is 7.11 Å². The molecule has 2 atom stereocenters. The zero-order valence-corrected chi connectivity index (χ0v) is 11.3. The van der Waals surface area contributed by atoms with Crippen molar-refractivity contribution in [2.45, 2.75) is 31.9 Å². The van der Waals surface area contributed by atoms with Crippen LogP contribution < -0.4 is 10.6 Å². The van der Waals surface area contributed by atoms with Crippen LogP contribution in [0.15, 0.2) is 0 Å². The van der Waals surface area contributed by atoms with E-state index in [2.05, 4.69) is 10.6 Å². The number of ether oxygens (including phenoxy) is 2. The Morgan fingerprint density at radius 2 is 2.35 bits per heavy atom. The first-order chi connectivity index (χ1) is 7.74. The predicted octanol–water partition coefficient (Wildman–Crippen LogP) is 0.328. The van der Waals surface area contributed by atoms with E-state index in [0.717, 1.165) is 19.4 Å². The average Bonchev–Trinajstić information content (AvgIpc) is 2.77. The third-order valence-electron chi connectivity index (χ3n) is 2.68. The van der Waals surface area contributed by atoms with Crippen molar-refractivity contribution in [3.8, 4) is 0 Å². The molecule has 2 unspecified atom stereocenters. The third-order valence-corrected chi connectivity index (χ3v) is 2.68. The molecule has 0 aliphatic carbocycles. The summed E-state index contributed by atoms with van der Waals surface area (Å²) in [5.41, 5.74) is 0. The van der Waals surface area contributed by atoms with Gasteiger partial charge in [0.25, 0.3) is 0 Å². The summed E-state index contributed by atoms with van der Waals surface area (Å²) in [6.07, 6.45) is 2.32. The first-order valence-corrected chi connectivity index (χ1v) is 5.84. The lowest BCUT2D eigenvalue weighted by Crippen LogP contribution is -2.44. The summed E-state index contributed by atoms with van der Waals surface area (Å²) < 4.78 is 10.4. The standard InChI is InChI=1S/C11H22N2O3.ClH/c1-9(10-4-3-6-16-10)13-11(14)8-12-5-7-15-2;/h9-10,12H,3-8H2,1-2H3,(H,13,14);1H. The van der Waals surface area contributed by atoms with Gasteiger partial charge in [-0.25, -0.2) is 0 Å². The zero-order valence-electron chi connectivity index (χ0n) is 10.5. The number of hydrogen-bond donors (Lipinski definition) is 2. The molecule has 0 aromatic rings. The van der Waals surface area contributed by atoms with E-state index in [0.29, 0.717) is 19.7 Å². The van der Waals surface area contributed by atoms with E-state index in [4.69, 9.17) is 9.47 Å². The number of amides is 1. The first-order valence-electron chi connectivity index (χ1n) is 5.84. The SMILES string of the molecule is COCCNCC(=O)NC(C)C1CCCO1.Cl. The summed E-state index contributed by atoms with van der Waals surface area (Å²) in [6.45, 7) is 4.45. The van der Waals surface area contributed by atoms with E-state index < -0.39 is 0 Å². The molecule has 2 N–H and O–H groups in total. The number of nitrogens with one attached hydrogen (secondary N) is 2. The zero-order chi connectivity index (χ0) is 11.8. The lowest BCUT2D eigenvalue weighted by molar-refractivity contribution is -0.121. The fraction of sp³-hybridized carbons (Fsp3) is 0.909. The van der Waals surface area contributed by atoms with Crippen molar-refractivity contribution >= 4 is 18.3 Å². The lowest BCUT2D eigenvalue weighted by atomic mass is 10.1. The number of methoxy groups -OCH3 is 1. The number of carbonyl (C=O) groups excluding carboxylic acids is 1. The van der Waals surface area contributed by atoms with Crippen molar-refractivity contribution in [3.63, 3.8) is 0 Å². The predicted molar refractivity (Wildman–Crippen MR) is 68.6 cm³/mol. The topological polar surface area (TPSA) is 59.6 Å². The maximum absolute atomic E-state index is 11.5. The van der Waals surface area contributed by atoms with Crippen molar-refractivity contribution in [3.05, 3.63) is 0 Å². The number of halogens is 1. The van der Waals surface area contributed by atoms with Gasteiger partial charge in [-0.3, -0.25) is 4.79 Å². The quantitative estimate of drug-likeness (QED) is 0.652. The van der Waals surface area contributed by atoms with Crippen molar-refractivity contribution in [1.29, 1.82) is 0 Å². The molecule has 6 heteroatoms. The molecule has 1 fully saturated rings. The Balaban J connectivity index is 0.00000256. The summed E-state index contributed by atoms with van der Waals surface area (Å²) in [6, 6.07) is 0.0965. The van der Waals surface area contributed by atoms with Gasteiger partial charge in [-0.2, -0.15) is 0 Å². The molecule has 1 aliphatic rings. The summed E-state index contributed by atoms with van der Waals surface area (Å²) in [5, 5.41) is 5.94.